The fraction of sp³-hybridized carbons (Fsp3) is 0.727. The van der Waals surface area contributed by atoms with Gasteiger partial charge in [0.1, 0.15) is 5.82 Å². The quantitative estimate of drug-likeness (QED) is 0.744. The summed E-state index contributed by atoms with van der Waals surface area (Å²) < 4.78 is 4.95. The van der Waals surface area contributed by atoms with Crippen molar-refractivity contribution in [3.05, 3.63) is 11.6 Å². The molecule has 17 heavy (non-hydrogen) atoms. The molecular weight excluding hydrogens is 220 g/mol. The summed E-state index contributed by atoms with van der Waals surface area (Å²) in [5, 5.41) is 6.81. The van der Waals surface area contributed by atoms with Crippen molar-refractivity contribution < 1.29 is 9.53 Å². The maximum Gasteiger partial charge on any atom is 0.293 e. The van der Waals surface area contributed by atoms with Gasteiger partial charge < -0.3 is 9.64 Å². The highest BCUT2D eigenvalue weighted by Gasteiger charge is 2.28. The Hall–Kier alpha value is -1.43. The molecule has 0 atom stereocenters. The summed E-state index contributed by atoms with van der Waals surface area (Å²) in [7, 11) is 3.41. The second-order valence-corrected chi connectivity index (χ2v) is 4.39. The van der Waals surface area contributed by atoms with Crippen LogP contribution in [0.15, 0.2) is 0 Å². The molecule has 1 fully saturated rings. The molecule has 2 rings (SSSR count). The van der Waals surface area contributed by atoms with Crippen molar-refractivity contribution in [2.45, 2.75) is 25.2 Å². The van der Waals surface area contributed by atoms with Crippen molar-refractivity contribution in [2.75, 3.05) is 27.3 Å². The Kier molecular flexibility index (Phi) is 3.73. The molecule has 1 aromatic rings. The highest BCUT2D eigenvalue weighted by atomic mass is 16.5. The molecule has 1 aliphatic carbocycles. The molecule has 6 heteroatoms. The number of carbonyl (C=O) groups is 1. The molecule has 6 nitrogen and oxygen atoms in total. The lowest BCUT2D eigenvalue weighted by atomic mass is 10.4. The number of rotatable bonds is 6. The van der Waals surface area contributed by atoms with Crippen LogP contribution < -0.4 is 0 Å². The lowest BCUT2D eigenvalue weighted by Gasteiger charge is -2.14. The van der Waals surface area contributed by atoms with Gasteiger partial charge in [-0.25, -0.2) is 4.98 Å². The number of hydrogen-bond donors (Lipinski definition) is 1. The third-order valence-electron chi connectivity index (χ3n) is 2.85. The molecule has 0 aliphatic heterocycles. The van der Waals surface area contributed by atoms with Crippen molar-refractivity contribution in [1.82, 2.24) is 20.1 Å². The number of hydrogen-bond acceptors (Lipinski definition) is 4. The first-order valence-corrected chi connectivity index (χ1v) is 5.89. The highest BCUT2D eigenvalue weighted by molar-refractivity contribution is 5.90. The number of aromatic amines is 1. The van der Waals surface area contributed by atoms with Crippen LogP contribution in [-0.2, 0) is 4.74 Å². The molecule has 1 N–H and O–H groups in total. The van der Waals surface area contributed by atoms with E-state index in [0.717, 1.165) is 25.1 Å². The Bertz CT molecular complexity index is 387. The molecular formula is C11H18N4O2. The molecule has 0 radical (unpaired) electrons. The first-order chi connectivity index (χ1) is 8.22. The Balaban J connectivity index is 1.88. The monoisotopic (exact) mass is 238 g/mol. The van der Waals surface area contributed by atoms with E-state index in [9.17, 15) is 4.79 Å². The van der Waals surface area contributed by atoms with E-state index in [0.29, 0.717) is 19.1 Å². The number of methoxy groups -OCH3 is 1. The summed E-state index contributed by atoms with van der Waals surface area (Å²) in [6.07, 6.45) is 3.11. The van der Waals surface area contributed by atoms with Crippen molar-refractivity contribution in [1.29, 1.82) is 0 Å². The Labute approximate surface area is 100 Å². The second-order valence-electron chi connectivity index (χ2n) is 4.39. The standard InChI is InChI=1S/C11H18N4O2/c1-15(6-3-7-17-2)11(16)10-12-9(13-14-10)8-4-5-8/h8H,3-7H2,1-2H3,(H,12,13,14). The summed E-state index contributed by atoms with van der Waals surface area (Å²) in [6.45, 7) is 1.30. The van der Waals surface area contributed by atoms with E-state index in [1.165, 1.54) is 0 Å². The van der Waals surface area contributed by atoms with Gasteiger partial charge in [0.25, 0.3) is 5.91 Å². The van der Waals surface area contributed by atoms with E-state index in [1.807, 2.05) is 0 Å². The smallest absolute Gasteiger partial charge is 0.293 e. The largest absolute Gasteiger partial charge is 0.385 e. The predicted octanol–water partition coefficient (Wildman–Crippen LogP) is 0.791. The number of nitrogens with zero attached hydrogens (tertiary/aromatic N) is 3. The molecule has 1 heterocycles. The molecule has 0 unspecified atom stereocenters. The zero-order chi connectivity index (χ0) is 12.3. The topological polar surface area (TPSA) is 71.1 Å². The van der Waals surface area contributed by atoms with Crippen LogP contribution in [-0.4, -0.2) is 53.3 Å². The minimum Gasteiger partial charge on any atom is -0.385 e. The Morgan fingerprint density at radius 3 is 3.00 bits per heavy atom. The first kappa shape index (κ1) is 12.0. The molecule has 0 bridgehead atoms. The number of H-pyrrole nitrogens is 1. The van der Waals surface area contributed by atoms with Crippen LogP contribution in [0.25, 0.3) is 0 Å². The van der Waals surface area contributed by atoms with E-state index >= 15 is 0 Å². The Morgan fingerprint density at radius 2 is 2.35 bits per heavy atom. The van der Waals surface area contributed by atoms with Crippen LogP contribution in [0.2, 0.25) is 0 Å². The van der Waals surface area contributed by atoms with Gasteiger partial charge in [0, 0.05) is 33.2 Å². The van der Waals surface area contributed by atoms with E-state index in [-0.39, 0.29) is 11.7 Å². The Morgan fingerprint density at radius 1 is 1.59 bits per heavy atom. The van der Waals surface area contributed by atoms with Gasteiger partial charge in [0.2, 0.25) is 5.82 Å². The fourth-order valence-electron chi connectivity index (χ4n) is 1.63. The van der Waals surface area contributed by atoms with Gasteiger partial charge in [-0.15, -0.1) is 5.10 Å². The van der Waals surface area contributed by atoms with Gasteiger partial charge in [-0.2, -0.15) is 0 Å². The molecule has 0 aromatic carbocycles. The van der Waals surface area contributed by atoms with E-state index in [2.05, 4.69) is 15.2 Å². The number of carbonyl (C=O) groups excluding carboxylic acids is 1. The molecule has 0 saturated heterocycles. The first-order valence-electron chi connectivity index (χ1n) is 5.89. The van der Waals surface area contributed by atoms with Crippen LogP contribution in [0.5, 0.6) is 0 Å². The van der Waals surface area contributed by atoms with Crippen molar-refractivity contribution in [3.8, 4) is 0 Å². The van der Waals surface area contributed by atoms with Crippen LogP contribution in [0, 0.1) is 0 Å². The third kappa shape index (κ3) is 3.03. The minimum absolute atomic E-state index is 0.135. The van der Waals surface area contributed by atoms with Crippen molar-refractivity contribution in [3.63, 3.8) is 0 Å². The van der Waals surface area contributed by atoms with E-state index in [4.69, 9.17) is 4.74 Å². The van der Waals surface area contributed by atoms with Crippen molar-refractivity contribution >= 4 is 5.91 Å². The van der Waals surface area contributed by atoms with Gasteiger partial charge in [0.05, 0.1) is 0 Å². The second kappa shape index (κ2) is 5.27. The molecule has 94 valence electrons. The molecule has 1 amide bonds. The molecule has 1 saturated carbocycles. The minimum atomic E-state index is -0.135. The molecule has 1 aromatic heterocycles. The number of ether oxygens (including phenoxy) is 1. The number of nitrogens with one attached hydrogen (secondary N) is 1. The van der Waals surface area contributed by atoms with Crippen LogP contribution in [0.1, 0.15) is 41.6 Å². The summed E-state index contributed by atoms with van der Waals surface area (Å²) in [5.74, 6) is 1.47. The zero-order valence-electron chi connectivity index (χ0n) is 10.3. The highest BCUT2D eigenvalue weighted by Crippen LogP contribution is 2.37. The summed E-state index contributed by atoms with van der Waals surface area (Å²) in [4.78, 5) is 17.8. The lowest BCUT2D eigenvalue weighted by Crippen LogP contribution is -2.29. The van der Waals surface area contributed by atoms with E-state index < -0.39 is 0 Å². The third-order valence-corrected chi connectivity index (χ3v) is 2.85. The van der Waals surface area contributed by atoms with Gasteiger partial charge in [-0.3, -0.25) is 9.89 Å². The molecule has 1 aliphatic rings. The summed E-state index contributed by atoms with van der Waals surface area (Å²) >= 11 is 0. The fourth-order valence-corrected chi connectivity index (χ4v) is 1.63. The van der Waals surface area contributed by atoms with Gasteiger partial charge >= 0.3 is 0 Å². The molecule has 0 spiro atoms. The predicted molar refractivity (Wildman–Crippen MR) is 61.8 cm³/mol. The van der Waals surface area contributed by atoms with Gasteiger partial charge in [-0.1, -0.05) is 0 Å². The SMILES string of the molecule is COCCCN(C)C(=O)c1n[nH]c(C2CC2)n1. The maximum absolute atomic E-state index is 11.9. The van der Waals surface area contributed by atoms with Crippen LogP contribution >= 0.6 is 0 Å². The lowest BCUT2D eigenvalue weighted by molar-refractivity contribution is 0.0768. The van der Waals surface area contributed by atoms with Gasteiger partial charge in [0.15, 0.2) is 0 Å². The van der Waals surface area contributed by atoms with Crippen molar-refractivity contribution in [2.24, 2.45) is 0 Å². The maximum atomic E-state index is 11.9. The van der Waals surface area contributed by atoms with E-state index in [1.54, 1.807) is 19.1 Å². The number of amides is 1. The van der Waals surface area contributed by atoms with Gasteiger partial charge in [-0.05, 0) is 19.3 Å². The van der Waals surface area contributed by atoms with Crippen LogP contribution in [0.4, 0.5) is 0 Å². The zero-order valence-corrected chi connectivity index (χ0v) is 10.3. The normalized spacial score (nSPS) is 14.9. The summed E-state index contributed by atoms with van der Waals surface area (Å²) in [5.41, 5.74) is 0. The average Bonchev–Trinajstić information content (AvgIpc) is 3.07. The van der Waals surface area contributed by atoms with Crippen LogP contribution in [0.3, 0.4) is 0 Å². The summed E-state index contributed by atoms with van der Waals surface area (Å²) in [6, 6.07) is 0. The average molecular weight is 238 g/mol. The number of aromatic nitrogens is 3.